The van der Waals surface area contributed by atoms with Crippen molar-refractivity contribution >= 4 is 15.9 Å². The topological polar surface area (TPSA) is 147 Å². The molecule has 0 amide bonds. The maximum Gasteiger partial charge on any atom is 0.241 e. The molecule has 25 heavy (non-hydrogen) atoms. The summed E-state index contributed by atoms with van der Waals surface area (Å²) >= 11 is 0. The Labute approximate surface area is 147 Å². The zero-order valence-corrected chi connectivity index (χ0v) is 14.6. The molecule has 1 aliphatic rings. The number of rotatable bonds is 7. The summed E-state index contributed by atoms with van der Waals surface area (Å²) in [7, 11) is -3.71. The maximum absolute atomic E-state index is 11.9. The first-order chi connectivity index (χ1) is 11.9. The summed E-state index contributed by atoms with van der Waals surface area (Å²) in [6.45, 7) is 0.873. The summed E-state index contributed by atoms with van der Waals surface area (Å²) in [4.78, 5) is 0.0412. The minimum atomic E-state index is -3.71. The lowest BCUT2D eigenvalue weighted by Crippen LogP contribution is -2.38. The normalized spacial score (nSPS) is 18.6. The molecule has 0 aromatic heterocycles. The SMILES string of the molecule is N#CCNS(=O)(=O)c1ccc(/C(N)=N/N(N)CC2CCCCO2)cc1. The van der Waals surface area contributed by atoms with Crippen molar-refractivity contribution in [3.8, 4) is 6.07 Å². The molecule has 1 atom stereocenters. The standard InChI is InChI=1S/C15H22N6O3S/c16-8-9-19-25(22,23)14-6-4-12(5-7-14)15(17)20-21(18)11-13-3-1-2-10-24-13/h4-7,13,19H,1-3,9-11,18H2,(H2,17,20). The van der Waals surface area contributed by atoms with E-state index in [1.165, 1.54) is 29.4 Å². The van der Waals surface area contributed by atoms with Crippen LogP contribution in [0.5, 0.6) is 0 Å². The second-order valence-electron chi connectivity index (χ2n) is 5.60. The third-order valence-corrected chi connectivity index (χ3v) is 5.12. The summed E-state index contributed by atoms with van der Waals surface area (Å²) in [5.74, 6) is 6.02. The van der Waals surface area contributed by atoms with Gasteiger partial charge in [0.2, 0.25) is 10.0 Å². The first kappa shape index (κ1) is 19.1. The number of nitrogens with one attached hydrogen (secondary N) is 1. The van der Waals surface area contributed by atoms with E-state index < -0.39 is 10.0 Å². The highest BCUT2D eigenvalue weighted by atomic mass is 32.2. The molecule has 0 spiro atoms. The van der Waals surface area contributed by atoms with Crippen molar-refractivity contribution in [2.45, 2.75) is 30.3 Å². The highest BCUT2D eigenvalue weighted by Gasteiger charge is 2.16. The Hall–Kier alpha value is -2.19. The van der Waals surface area contributed by atoms with Gasteiger partial charge in [0.25, 0.3) is 0 Å². The quantitative estimate of drug-likeness (QED) is 0.200. The Morgan fingerprint density at radius 1 is 1.40 bits per heavy atom. The summed E-state index contributed by atoms with van der Waals surface area (Å²) in [5, 5.41) is 13.8. The lowest BCUT2D eigenvalue weighted by Gasteiger charge is -2.25. The second kappa shape index (κ2) is 8.77. The second-order valence-corrected chi connectivity index (χ2v) is 7.37. The Morgan fingerprint density at radius 2 is 2.12 bits per heavy atom. The molecule has 1 fully saturated rings. The zero-order valence-electron chi connectivity index (χ0n) is 13.8. The molecule has 1 heterocycles. The average molecular weight is 366 g/mol. The van der Waals surface area contributed by atoms with E-state index in [0.717, 1.165) is 25.9 Å². The first-order valence-corrected chi connectivity index (χ1v) is 9.35. The molecule has 5 N–H and O–H groups in total. The van der Waals surface area contributed by atoms with E-state index in [1.54, 1.807) is 6.07 Å². The van der Waals surface area contributed by atoms with Crippen LogP contribution in [0.2, 0.25) is 0 Å². The Balaban J connectivity index is 2.01. The zero-order chi connectivity index (χ0) is 18.3. The predicted molar refractivity (Wildman–Crippen MR) is 92.5 cm³/mol. The monoisotopic (exact) mass is 366 g/mol. The van der Waals surface area contributed by atoms with Crippen molar-refractivity contribution in [2.24, 2.45) is 16.7 Å². The molecule has 0 aliphatic carbocycles. The molecule has 10 heteroatoms. The molecular weight excluding hydrogens is 344 g/mol. The van der Waals surface area contributed by atoms with Gasteiger partial charge in [-0.05, 0) is 43.5 Å². The predicted octanol–water partition coefficient (Wildman–Crippen LogP) is -0.146. The van der Waals surface area contributed by atoms with Crippen LogP contribution in [0.4, 0.5) is 0 Å². The Kier molecular flexibility index (Phi) is 6.72. The summed E-state index contributed by atoms with van der Waals surface area (Å²) in [6, 6.07) is 7.57. The highest BCUT2D eigenvalue weighted by molar-refractivity contribution is 7.89. The molecule has 1 aromatic rings. The summed E-state index contributed by atoms with van der Waals surface area (Å²) in [6.07, 6.45) is 3.14. The lowest BCUT2D eigenvalue weighted by molar-refractivity contribution is -0.00546. The van der Waals surface area contributed by atoms with Crippen LogP contribution in [0.25, 0.3) is 0 Å². The van der Waals surface area contributed by atoms with Crippen molar-refractivity contribution in [2.75, 3.05) is 19.7 Å². The molecule has 0 radical (unpaired) electrons. The minimum Gasteiger partial charge on any atom is -0.382 e. The van der Waals surface area contributed by atoms with Gasteiger partial charge in [0.05, 0.1) is 30.2 Å². The Morgan fingerprint density at radius 3 is 2.72 bits per heavy atom. The van der Waals surface area contributed by atoms with Gasteiger partial charge in [-0.15, -0.1) is 5.10 Å². The number of hydrazine groups is 1. The van der Waals surface area contributed by atoms with Crippen LogP contribution in [-0.4, -0.2) is 45.2 Å². The fraction of sp³-hybridized carbons (Fsp3) is 0.467. The largest absolute Gasteiger partial charge is 0.382 e. The molecule has 1 aromatic carbocycles. The lowest BCUT2D eigenvalue weighted by atomic mass is 10.1. The maximum atomic E-state index is 11.9. The number of amidine groups is 1. The van der Waals surface area contributed by atoms with E-state index in [9.17, 15) is 8.42 Å². The van der Waals surface area contributed by atoms with Gasteiger partial charge in [-0.25, -0.2) is 19.4 Å². The van der Waals surface area contributed by atoms with Gasteiger partial charge in [-0.2, -0.15) is 9.98 Å². The molecule has 1 aliphatic heterocycles. The van der Waals surface area contributed by atoms with Crippen molar-refractivity contribution in [3.05, 3.63) is 29.8 Å². The molecule has 2 rings (SSSR count). The van der Waals surface area contributed by atoms with Gasteiger partial charge in [0.15, 0.2) is 5.84 Å². The van der Waals surface area contributed by atoms with E-state index in [0.29, 0.717) is 12.1 Å². The third-order valence-electron chi connectivity index (χ3n) is 3.70. The van der Waals surface area contributed by atoms with Gasteiger partial charge >= 0.3 is 0 Å². The van der Waals surface area contributed by atoms with Crippen LogP contribution < -0.4 is 16.3 Å². The van der Waals surface area contributed by atoms with E-state index in [1.807, 2.05) is 0 Å². The molecule has 9 nitrogen and oxygen atoms in total. The van der Waals surface area contributed by atoms with Crippen molar-refractivity contribution in [1.82, 2.24) is 9.84 Å². The molecule has 0 saturated carbocycles. The smallest absolute Gasteiger partial charge is 0.241 e. The van der Waals surface area contributed by atoms with Crippen LogP contribution >= 0.6 is 0 Å². The van der Waals surface area contributed by atoms with Crippen LogP contribution in [0, 0.1) is 11.3 Å². The third kappa shape index (κ3) is 5.68. The van der Waals surface area contributed by atoms with Crippen LogP contribution in [0.1, 0.15) is 24.8 Å². The number of nitrogens with two attached hydrogens (primary N) is 2. The molecule has 0 bridgehead atoms. The number of sulfonamides is 1. The van der Waals surface area contributed by atoms with E-state index in [-0.39, 0.29) is 23.4 Å². The fourth-order valence-electron chi connectivity index (χ4n) is 2.41. The number of benzene rings is 1. The van der Waals surface area contributed by atoms with Gasteiger partial charge in [0.1, 0.15) is 0 Å². The van der Waals surface area contributed by atoms with Crippen LogP contribution in [0.15, 0.2) is 34.3 Å². The fourth-order valence-corrected chi connectivity index (χ4v) is 3.33. The summed E-state index contributed by atoms with van der Waals surface area (Å²) < 4.78 is 31.6. The molecule has 1 unspecified atom stereocenters. The van der Waals surface area contributed by atoms with Gasteiger partial charge < -0.3 is 10.5 Å². The van der Waals surface area contributed by atoms with E-state index in [4.69, 9.17) is 21.6 Å². The number of nitriles is 1. The number of nitrogens with zero attached hydrogens (tertiary/aromatic N) is 3. The van der Waals surface area contributed by atoms with Crippen molar-refractivity contribution in [3.63, 3.8) is 0 Å². The molecular formula is C15H22N6O3S. The van der Waals surface area contributed by atoms with Crippen LogP contribution in [-0.2, 0) is 14.8 Å². The first-order valence-electron chi connectivity index (χ1n) is 7.87. The highest BCUT2D eigenvalue weighted by Crippen LogP contribution is 2.14. The van der Waals surface area contributed by atoms with Gasteiger partial charge in [-0.1, -0.05) is 0 Å². The minimum absolute atomic E-state index is 0.0361. The Bertz CT molecular complexity index is 736. The van der Waals surface area contributed by atoms with Crippen molar-refractivity contribution < 1.29 is 13.2 Å². The molecule has 1 saturated heterocycles. The molecule has 136 valence electrons. The van der Waals surface area contributed by atoms with E-state index in [2.05, 4.69) is 9.82 Å². The van der Waals surface area contributed by atoms with Gasteiger partial charge in [0, 0.05) is 12.2 Å². The summed E-state index contributed by atoms with van der Waals surface area (Å²) in [5.41, 5.74) is 6.46. The van der Waals surface area contributed by atoms with Crippen molar-refractivity contribution in [1.29, 1.82) is 5.26 Å². The number of hydrogen-bond acceptors (Lipinski definition) is 7. The van der Waals surface area contributed by atoms with Crippen LogP contribution in [0.3, 0.4) is 0 Å². The number of hydrazone groups is 1. The number of hydrogen-bond donors (Lipinski definition) is 3. The van der Waals surface area contributed by atoms with Gasteiger partial charge in [-0.3, -0.25) is 0 Å². The average Bonchev–Trinajstić information content (AvgIpc) is 2.61. The van der Waals surface area contributed by atoms with E-state index >= 15 is 0 Å². The number of ether oxygens (including phenoxy) is 1.